The van der Waals surface area contributed by atoms with Gasteiger partial charge in [-0.3, -0.25) is 0 Å². The van der Waals surface area contributed by atoms with E-state index in [1.807, 2.05) is 6.92 Å². The quantitative estimate of drug-likeness (QED) is 0.786. The summed E-state index contributed by atoms with van der Waals surface area (Å²) in [5.74, 6) is 0.304. The summed E-state index contributed by atoms with van der Waals surface area (Å²) in [6, 6.07) is 5.47. The smallest absolute Gasteiger partial charge is 0.179 e. The van der Waals surface area contributed by atoms with E-state index in [2.05, 4.69) is 5.32 Å². The zero-order valence-corrected chi connectivity index (χ0v) is 13.8. The molecule has 1 fully saturated rings. The minimum absolute atomic E-state index is 0. The fourth-order valence-corrected chi connectivity index (χ4v) is 2.67. The molecule has 1 aromatic rings. The van der Waals surface area contributed by atoms with Crippen LogP contribution in [0.25, 0.3) is 0 Å². The highest BCUT2D eigenvalue weighted by Gasteiger charge is 2.22. The Balaban J connectivity index is 0.00000220. The zero-order valence-electron chi connectivity index (χ0n) is 12.2. The van der Waals surface area contributed by atoms with Gasteiger partial charge in [-0.1, -0.05) is 6.07 Å². The number of aliphatic hydroxyl groups is 1. The lowest BCUT2D eigenvalue weighted by atomic mass is 10.2. The van der Waals surface area contributed by atoms with Crippen LogP contribution in [0.2, 0.25) is 0 Å². The van der Waals surface area contributed by atoms with Crippen molar-refractivity contribution in [3.8, 4) is 5.75 Å². The van der Waals surface area contributed by atoms with Crippen molar-refractivity contribution in [3.63, 3.8) is 0 Å². The van der Waals surface area contributed by atoms with Gasteiger partial charge in [0.1, 0.15) is 23.4 Å². The summed E-state index contributed by atoms with van der Waals surface area (Å²) in [6.07, 6.45) is 2.81. The summed E-state index contributed by atoms with van der Waals surface area (Å²) in [5, 5.41) is 13.0. The van der Waals surface area contributed by atoms with Gasteiger partial charge >= 0.3 is 0 Å². The number of hydrogen-bond acceptors (Lipinski definition) is 5. The summed E-state index contributed by atoms with van der Waals surface area (Å²) in [7, 11) is -3.34. The maximum atomic E-state index is 11.7. The maximum Gasteiger partial charge on any atom is 0.179 e. The average molecular weight is 336 g/mol. The van der Waals surface area contributed by atoms with E-state index in [1.54, 1.807) is 12.1 Å². The first-order chi connectivity index (χ1) is 9.36. The molecule has 0 saturated heterocycles. The Morgan fingerprint density at radius 2 is 2.10 bits per heavy atom. The fourth-order valence-electron chi connectivity index (χ4n) is 1.87. The van der Waals surface area contributed by atoms with E-state index in [0.29, 0.717) is 18.3 Å². The first-order valence-corrected chi connectivity index (χ1v) is 8.60. The Morgan fingerprint density at radius 1 is 1.43 bits per heavy atom. The number of halogens is 1. The second-order valence-electron chi connectivity index (χ2n) is 5.37. The molecule has 0 amide bonds. The van der Waals surface area contributed by atoms with Crippen molar-refractivity contribution >= 4 is 22.2 Å². The van der Waals surface area contributed by atoms with Crippen LogP contribution in [0.5, 0.6) is 5.75 Å². The van der Waals surface area contributed by atoms with Crippen LogP contribution in [0.15, 0.2) is 23.1 Å². The van der Waals surface area contributed by atoms with Gasteiger partial charge in [-0.05, 0) is 37.5 Å². The zero-order chi connectivity index (χ0) is 14.8. The number of benzene rings is 1. The number of aryl methyl sites for hydroxylation is 1. The molecule has 120 valence electrons. The second kappa shape index (κ2) is 7.45. The van der Waals surface area contributed by atoms with Crippen LogP contribution in [0.1, 0.15) is 18.4 Å². The molecule has 0 radical (unpaired) electrons. The highest BCUT2D eigenvalue weighted by atomic mass is 35.5. The predicted octanol–water partition coefficient (Wildman–Crippen LogP) is 1.31. The monoisotopic (exact) mass is 335 g/mol. The predicted molar refractivity (Wildman–Crippen MR) is 84.1 cm³/mol. The lowest BCUT2D eigenvalue weighted by Crippen LogP contribution is -2.32. The molecule has 0 aromatic heterocycles. The first kappa shape index (κ1) is 18.2. The number of aliphatic hydroxyl groups excluding tert-OH is 1. The molecule has 1 unspecified atom stereocenters. The summed E-state index contributed by atoms with van der Waals surface area (Å²) >= 11 is 0. The third-order valence-electron chi connectivity index (χ3n) is 3.15. The molecule has 7 heteroatoms. The molecule has 1 aromatic carbocycles. The van der Waals surface area contributed by atoms with Crippen molar-refractivity contribution in [2.75, 3.05) is 19.4 Å². The van der Waals surface area contributed by atoms with Gasteiger partial charge in [0, 0.05) is 18.8 Å². The highest BCUT2D eigenvalue weighted by Crippen LogP contribution is 2.25. The average Bonchev–Trinajstić information content (AvgIpc) is 3.16. The summed E-state index contributed by atoms with van der Waals surface area (Å²) in [4.78, 5) is 0.158. The molecule has 1 saturated carbocycles. The van der Waals surface area contributed by atoms with Crippen molar-refractivity contribution in [2.24, 2.45) is 0 Å². The third kappa shape index (κ3) is 5.82. The molecule has 0 heterocycles. The number of rotatable bonds is 7. The normalized spacial score (nSPS) is 16.1. The van der Waals surface area contributed by atoms with E-state index < -0.39 is 15.9 Å². The van der Waals surface area contributed by atoms with Crippen LogP contribution in [-0.2, 0) is 9.84 Å². The van der Waals surface area contributed by atoms with E-state index in [-0.39, 0.29) is 23.9 Å². The van der Waals surface area contributed by atoms with E-state index in [9.17, 15) is 13.5 Å². The molecule has 21 heavy (non-hydrogen) atoms. The van der Waals surface area contributed by atoms with Crippen molar-refractivity contribution in [3.05, 3.63) is 23.8 Å². The van der Waals surface area contributed by atoms with Crippen LogP contribution >= 0.6 is 12.4 Å². The summed E-state index contributed by atoms with van der Waals surface area (Å²) < 4.78 is 28.8. The van der Waals surface area contributed by atoms with Gasteiger partial charge < -0.3 is 15.2 Å². The molecular formula is C14H22ClNO4S. The Kier molecular flexibility index (Phi) is 6.46. The van der Waals surface area contributed by atoms with Gasteiger partial charge in [-0.25, -0.2) is 8.42 Å². The Hall–Kier alpha value is -0.820. The van der Waals surface area contributed by atoms with Crippen molar-refractivity contribution in [1.29, 1.82) is 0 Å². The highest BCUT2D eigenvalue weighted by molar-refractivity contribution is 7.90. The Bertz CT molecular complexity index is 572. The van der Waals surface area contributed by atoms with Crippen LogP contribution < -0.4 is 10.1 Å². The van der Waals surface area contributed by atoms with Crippen molar-refractivity contribution in [2.45, 2.75) is 36.8 Å². The van der Waals surface area contributed by atoms with E-state index in [4.69, 9.17) is 4.74 Å². The van der Waals surface area contributed by atoms with Gasteiger partial charge in [-0.15, -0.1) is 12.4 Å². The number of hydrogen-bond donors (Lipinski definition) is 2. The standard InChI is InChI=1S/C14H21NO4S.ClH/c1-10-3-6-14(20(2,17)18)13(7-10)19-9-12(16)8-15-11-4-5-11;/h3,6-7,11-12,15-16H,4-5,8-9H2,1-2H3;1H. The topological polar surface area (TPSA) is 75.6 Å². The minimum Gasteiger partial charge on any atom is -0.489 e. The molecule has 1 atom stereocenters. The molecular weight excluding hydrogens is 314 g/mol. The van der Waals surface area contributed by atoms with Crippen molar-refractivity contribution < 1.29 is 18.3 Å². The number of ether oxygens (including phenoxy) is 1. The molecule has 1 aliphatic carbocycles. The number of sulfone groups is 1. The van der Waals surface area contributed by atoms with Gasteiger partial charge in [-0.2, -0.15) is 0 Å². The largest absolute Gasteiger partial charge is 0.489 e. The minimum atomic E-state index is -3.34. The molecule has 0 aliphatic heterocycles. The van der Waals surface area contributed by atoms with E-state index in [0.717, 1.165) is 24.7 Å². The molecule has 0 bridgehead atoms. The summed E-state index contributed by atoms with van der Waals surface area (Å²) in [5.41, 5.74) is 0.915. The number of nitrogens with one attached hydrogen (secondary N) is 1. The Labute approximate surface area is 132 Å². The Morgan fingerprint density at radius 3 is 2.67 bits per heavy atom. The van der Waals surface area contributed by atoms with Crippen molar-refractivity contribution in [1.82, 2.24) is 5.32 Å². The molecule has 2 rings (SSSR count). The van der Waals surface area contributed by atoms with Crippen LogP contribution in [-0.4, -0.2) is 45.1 Å². The third-order valence-corrected chi connectivity index (χ3v) is 4.29. The van der Waals surface area contributed by atoms with E-state index in [1.165, 1.54) is 6.07 Å². The fraction of sp³-hybridized carbons (Fsp3) is 0.571. The molecule has 2 N–H and O–H groups in total. The SMILES string of the molecule is Cc1ccc(S(C)(=O)=O)c(OCC(O)CNC2CC2)c1.Cl. The molecule has 5 nitrogen and oxygen atoms in total. The summed E-state index contributed by atoms with van der Waals surface area (Å²) in [6.45, 7) is 2.40. The molecule has 1 aliphatic rings. The van der Waals surface area contributed by atoms with Gasteiger partial charge in [0.25, 0.3) is 0 Å². The lowest BCUT2D eigenvalue weighted by Gasteiger charge is -2.15. The second-order valence-corrected chi connectivity index (χ2v) is 7.35. The van der Waals surface area contributed by atoms with Gasteiger partial charge in [0.15, 0.2) is 9.84 Å². The molecule has 0 spiro atoms. The van der Waals surface area contributed by atoms with Crippen LogP contribution in [0.4, 0.5) is 0 Å². The first-order valence-electron chi connectivity index (χ1n) is 6.71. The maximum absolute atomic E-state index is 11.7. The van der Waals surface area contributed by atoms with Gasteiger partial charge in [0.05, 0.1) is 0 Å². The van der Waals surface area contributed by atoms with Crippen LogP contribution in [0, 0.1) is 6.92 Å². The lowest BCUT2D eigenvalue weighted by molar-refractivity contribution is 0.104. The van der Waals surface area contributed by atoms with Gasteiger partial charge in [0.2, 0.25) is 0 Å². The van der Waals surface area contributed by atoms with Crippen LogP contribution in [0.3, 0.4) is 0 Å². The van der Waals surface area contributed by atoms with E-state index >= 15 is 0 Å².